The molecule has 2 aliphatic carbocycles. The van der Waals surface area contributed by atoms with E-state index in [-0.39, 0.29) is 55.3 Å². The molecule has 2 heterocycles. The number of amides is 5. The summed E-state index contributed by atoms with van der Waals surface area (Å²) in [6.45, 7) is 10.0. The smallest absolute Gasteiger partial charge is 0.289 e. The van der Waals surface area contributed by atoms with Gasteiger partial charge in [0.2, 0.25) is 23.5 Å². The second kappa shape index (κ2) is 19.5. The Morgan fingerprint density at radius 3 is 2.32 bits per heavy atom. The van der Waals surface area contributed by atoms with Gasteiger partial charge < -0.3 is 26.2 Å². The van der Waals surface area contributed by atoms with Crippen LogP contribution in [0.1, 0.15) is 115 Å². The second-order valence-electron chi connectivity index (χ2n) is 15.5. The van der Waals surface area contributed by atoms with Crippen molar-refractivity contribution < 1.29 is 28.8 Å². The summed E-state index contributed by atoms with van der Waals surface area (Å²) in [7, 11) is 0. The molecule has 3 aliphatic rings. The molecular formula is C40H57N7O6. The van der Waals surface area contributed by atoms with Gasteiger partial charge in [0.25, 0.3) is 11.8 Å². The van der Waals surface area contributed by atoms with Crippen LogP contribution in [-0.2, 0) is 24.0 Å². The number of Topliss-reactive ketones (excluding diaryl/α,β-unsaturated/α-hetero) is 1. The van der Waals surface area contributed by atoms with E-state index < -0.39 is 59.0 Å². The first-order valence-corrected chi connectivity index (χ1v) is 19.2. The van der Waals surface area contributed by atoms with Gasteiger partial charge in [-0.15, -0.1) is 18.9 Å². The van der Waals surface area contributed by atoms with Crippen molar-refractivity contribution in [3.63, 3.8) is 0 Å². The van der Waals surface area contributed by atoms with E-state index in [9.17, 15) is 28.8 Å². The van der Waals surface area contributed by atoms with Gasteiger partial charge >= 0.3 is 0 Å². The van der Waals surface area contributed by atoms with E-state index in [1.54, 1.807) is 4.90 Å². The van der Waals surface area contributed by atoms with Crippen LogP contribution in [0.2, 0.25) is 0 Å². The highest BCUT2D eigenvalue weighted by Crippen LogP contribution is 2.41. The third-order valence-corrected chi connectivity index (χ3v) is 11.4. The highest BCUT2D eigenvalue weighted by Gasteiger charge is 2.49. The van der Waals surface area contributed by atoms with E-state index >= 15 is 0 Å². The molecule has 288 valence electrons. The Labute approximate surface area is 313 Å². The van der Waals surface area contributed by atoms with E-state index in [1.165, 1.54) is 24.7 Å². The fraction of sp³-hybridized carbons (Fsp3) is 0.650. The van der Waals surface area contributed by atoms with Gasteiger partial charge in [0, 0.05) is 31.9 Å². The van der Waals surface area contributed by atoms with Crippen molar-refractivity contribution in [1.29, 1.82) is 0 Å². The van der Waals surface area contributed by atoms with Crippen molar-refractivity contribution in [2.75, 3.05) is 13.1 Å². The molecule has 4 N–H and O–H groups in total. The molecule has 0 aromatic carbocycles. The quantitative estimate of drug-likeness (QED) is 0.114. The summed E-state index contributed by atoms with van der Waals surface area (Å²) in [6.07, 6.45) is 20.3. The zero-order valence-electron chi connectivity index (χ0n) is 31.5. The van der Waals surface area contributed by atoms with Gasteiger partial charge in [0.15, 0.2) is 0 Å². The van der Waals surface area contributed by atoms with Gasteiger partial charge in [-0.25, -0.2) is 4.98 Å². The van der Waals surface area contributed by atoms with Crippen LogP contribution in [0, 0.1) is 35.5 Å². The molecule has 4 rings (SSSR count). The van der Waals surface area contributed by atoms with Gasteiger partial charge in [0.1, 0.15) is 23.8 Å². The Bertz CT molecular complexity index is 1510. The third kappa shape index (κ3) is 10.7. The molecule has 13 nitrogen and oxygen atoms in total. The number of likely N-dealkylation sites (tertiary alicyclic amines) is 1. The summed E-state index contributed by atoms with van der Waals surface area (Å²) < 4.78 is 0. The number of aromatic nitrogens is 2. The predicted octanol–water partition coefficient (Wildman–Crippen LogP) is 3.25. The van der Waals surface area contributed by atoms with E-state index in [4.69, 9.17) is 6.42 Å². The number of carbonyl (C=O) groups is 6. The summed E-state index contributed by atoms with van der Waals surface area (Å²) in [6, 6.07) is -3.99. The van der Waals surface area contributed by atoms with Crippen LogP contribution in [0.5, 0.6) is 0 Å². The first kappa shape index (κ1) is 41.2. The maximum absolute atomic E-state index is 15.0. The van der Waals surface area contributed by atoms with Crippen LogP contribution in [0.25, 0.3) is 0 Å². The summed E-state index contributed by atoms with van der Waals surface area (Å²) in [4.78, 5) is 92.3. The van der Waals surface area contributed by atoms with Gasteiger partial charge in [-0.2, -0.15) is 0 Å². The number of rotatable bonds is 16. The third-order valence-electron chi connectivity index (χ3n) is 11.4. The van der Waals surface area contributed by atoms with E-state index in [0.29, 0.717) is 19.3 Å². The van der Waals surface area contributed by atoms with E-state index in [1.807, 2.05) is 20.8 Å². The van der Waals surface area contributed by atoms with Gasteiger partial charge in [-0.05, 0) is 61.7 Å². The first-order chi connectivity index (χ1) is 25.4. The molecule has 0 radical (unpaired) electrons. The Morgan fingerprint density at radius 2 is 1.70 bits per heavy atom. The zero-order chi connectivity index (χ0) is 38.5. The van der Waals surface area contributed by atoms with Gasteiger partial charge in [-0.1, -0.05) is 65.4 Å². The largest absolute Gasteiger partial charge is 0.346 e. The van der Waals surface area contributed by atoms with Crippen LogP contribution in [0.15, 0.2) is 31.2 Å². The van der Waals surface area contributed by atoms with Crippen molar-refractivity contribution in [1.82, 2.24) is 36.1 Å². The van der Waals surface area contributed by atoms with Gasteiger partial charge in [-0.3, -0.25) is 33.8 Å². The number of terminal acetylenes is 1. The normalized spacial score (nSPS) is 21.7. The summed E-state index contributed by atoms with van der Waals surface area (Å²) in [5, 5.41) is 11.3. The maximum atomic E-state index is 15.0. The predicted molar refractivity (Wildman–Crippen MR) is 200 cm³/mol. The summed E-state index contributed by atoms with van der Waals surface area (Å²) in [5.41, 5.74) is -0.515. The van der Waals surface area contributed by atoms with Crippen LogP contribution in [-0.4, -0.2) is 87.4 Å². The monoisotopic (exact) mass is 731 g/mol. The number of ketones is 1. The molecular weight excluding hydrogens is 674 g/mol. The molecule has 0 bridgehead atoms. The van der Waals surface area contributed by atoms with Crippen LogP contribution >= 0.6 is 0 Å². The Balaban J connectivity index is 1.64. The average Bonchev–Trinajstić information content (AvgIpc) is 3.63. The fourth-order valence-corrected chi connectivity index (χ4v) is 8.09. The summed E-state index contributed by atoms with van der Waals surface area (Å²) in [5.74, 6) is -1.12. The molecule has 0 spiro atoms. The Hall–Kier alpha value is -4.60. The maximum Gasteiger partial charge on any atom is 0.289 e. The molecule has 1 unspecified atom stereocenters. The lowest BCUT2D eigenvalue weighted by atomic mass is 9.69. The van der Waals surface area contributed by atoms with Crippen LogP contribution in [0.3, 0.4) is 0 Å². The SMILES string of the molecule is C#CCCC(NC(=O)[C@@H]1C[C@@H](C(C)C)CN1C(=O)[C@@H](NC(=O)[C@@H](NC(=O)c1cnccn1)C1CCCCC1)C1(C)CCCCC1)C(=O)C(=O)NCC=C. The molecule has 3 fully saturated rings. The lowest BCUT2D eigenvalue weighted by Gasteiger charge is -2.43. The molecule has 5 atom stereocenters. The molecule has 1 aliphatic heterocycles. The minimum atomic E-state index is -1.18. The number of nitrogens with zero attached hydrogens (tertiary/aromatic N) is 3. The highest BCUT2D eigenvalue weighted by molar-refractivity contribution is 6.38. The zero-order valence-corrected chi connectivity index (χ0v) is 31.5. The first-order valence-electron chi connectivity index (χ1n) is 19.2. The van der Waals surface area contributed by atoms with Crippen molar-refractivity contribution in [2.24, 2.45) is 23.2 Å². The van der Waals surface area contributed by atoms with Crippen LogP contribution in [0.4, 0.5) is 0 Å². The minimum Gasteiger partial charge on any atom is -0.346 e. The highest BCUT2D eigenvalue weighted by atomic mass is 16.2. The average molecular weight is 732 g/mol. The Kier molecular flexibility index (Phi) is 15.1. The summed E-state index contributed by atoms with van der Waals surface area (Å²) >= 11 is 0. The molecule has 2 saturated carbocycles. The molecule has 13 heteroatoms. The molecule has 1 aromatic rings. The lowest BCUT2D eigenvalue weighted by molar-refractivity contribution is -0.146. The molecule has 1 aromatic heterocycles. The van der Waals surface area contributed by atoms with Crippen molar-refractivity contribution in [3.8, 4) is 12.3 Å². The standard InChI is InChI=1S/C40H57N7O6/c1-6-8-17-29(33(48)38(52)43-20-7-2)44-36(50)31-23-28(26(3)4)25-47(31)39(53)34(40(5)18-13-10-14-19-40)46-37(51)32(27-15-11-9-12-16-27)45-35(49)30-24-41-21-22-42-30/h1,7,21-22,24,26-29,31-32,34H,2,8-20,23,25H2,3-5H3,(H,43,52)(H,44,50)(H,45,49)(H,46,51)/t28-,29?,31+,32+,34-/m1/s1. The number of carbonyl (C=O) groups excluding carboxylic acids is 6. The molecule has 53 heavy (non-hydrogen) atoms. The fourth-order valence-electron chi connectivity index (χ4n) is 8.09. The molecule has 1 saturated heterocycles. The van der Waals surface area contributed by atoms with E-state index in [2.05, 4.69) is 43.7 Å². The van der Waals surface area contributed by atoms with Gasteiger partial charge in [0.05, 0.1) is 12.2 Å². The van der Waals surface area contributed by atoms with Crippen molar-refractivity contribution in [2.45, 2.75) is 128 Å². The Morgan fingerprint density at radius 1 is 1.00 bits per heavy atom. The topological polar surface area (TPSA) is 180 Å². The number of hydrogen-bond acceptors (Lipinski definition) is 8. The molecule has 5 amide bonds. The van der Waals surface area contributed by atoms with E-state index in [0.717, 1.165) is 51.4 Å². The van der Waals surface area contributed by atoms with Crippen LogP contribution < -0.4 is 21.3 Å². The second-order valence-corrected chi connectivity index (χ2v) is 15.5. The lowest BCUT2D eigenvalue weighted by Crippen LogP contribution is -2.63. The minimum absolute atomic E-state index is 0.0257. The van der Waals surface area contributed by atoms with Crippen molar-refractivity contribution in [3.05, 3.63) is 36.9 Å². The number of nitrogens with one attached hydrogen (secondary N) is 4. The van der Waals surface area contributed by atoms with Crippen molar-refractivity contribution >= 4 is 35.3 Å². The number of hydrogen-bond donors (Lipinski definition) is 4.